The molecule has 0 aromatic heterocycles. The van der Waals surface area contributed by atoms with Crippen LogP contribution in [0.4, 0.5) is 0 Å². The van der Waals surface area contributed by atoms with Crippen molar-refractivity contribution in [1.82, 2.24) is 0 Å². The number of carbonyl (C=O) groups excluding carboxylic acids is 3. The molecule has 0 unspecified atom stereocenters. The van der Waals surface area contributed by atoms with Crippen LogP contribution in [0.1, 0.15) is 26.3 Å². The average molecular weight is 358 g/mol. The summed E-state index contributed by atoms with van der Waals surface area (Å²) >= 11 is 0. The summed E-state index contributed by atoms with van der Waals surface area (Å²) in [5, 5.41) is 0. The van der Waals surface area contributed by atoms with Gasteiger partial charge >= 0.3 is 17.9 Å². The monoisotopic (exact) mass is 358 g/mol. The maximum Gasteiger partial charge on any atom is 0.338 e. The fourth-order valence-electron chi connectivity index (χ4n) is 2.30. The largest absolute Gasteiger partial charge is 0.496 e. The zero-order valence-electron chi connectivity index (χ0n) is 14.6. The SMILES string of the molecule is COC(=O)c1cc(OC(=O)Cc2ccccc2OC)cc(C(=O)OC)c1. The number of methoxy groups -OCH3 is 3. The summed E-state index contributed by atoms with van der Waals surface area (Å²) in [5.41, 5.74) is 0.781. The second-order valence-electron chi connectivity index (χ2n) is 5.19. The second-order valence-corrected chi connectivity index (χ2v) is 5.19. The first-order valence-electron chi connectivity index (χ1n) is 7.62. The molecule has 2 aromatic rings. The van der Waals surface area contributed by atoms with Gasteiger partial charge in [0.2, 0.25) is 0 Å². The summed E-state index contributed by atoms with van der Waals surface area (Å²) in [6, 6.07) is 11.0. The van der Waals surface area contributed by atoms with Crippen LogP contribution in [0.5, 0.6) is 11.5 Å². The van der Waals surface area contributed by atoms with Crippen LogP contribution in [0, 0.1) is 0 Å². The minimum absolute atomic E-state index is 0.0354. The van der Waals surface area contributed by atoms with Crippen molar-refractivity contribution in [3.63, 3.8) is 0 Å². The van der Waals surface area contributed by atoms with Crippen LogP contribution in [0.2, 0.25) is 0 Å². The van der Waals surface area contributed by atoms with Crippen molar-refractivity contribution in [2.45, 2.75) is 6.42 Å². The van der Waals surface area contributed by atoms with Gasteiger partial charge in [0.25, 0.3) is 0 Å². The van der Waals surface area contributed by atoms with Gasteiger partial charge < -0.3 is 18.9 Å². The van der Waals surface area contributed by atoms with Crippen molar-refractivity contribution in [2.75, 3.05) is 21.3 Å². The third kappa shape index (κ3) is 4.60. The predicted molar refractivity (Wildman–Crippen MR) is 91.5 cm³/mol. The molecule has 0 spiro atoms. The predicted octanol–water partition coefficient (Wildman–Crippen LogP) is 2.42. The summed E-state index contributed by atoms with van der Waals surface area (Å²) in [6.45, 7) is 0. The van der Waals surface area contributed by atoms with Gasteiger partial charge in [-0.3, -0.25) is 4.79 Å². The zero-order valence-corrected chi connectivity index (χ0v) is 14.6. The van der Waals surface area contributed by atoms with Crippen LogP contribution >= 0.6 is 0 Å². The molecule has 0 N–H and O–H groups in total. The van der Waals surface area contributed by atoms with E-state index in [0.717, 1.165) is 0 Å². The van der Waals surface area contributed by atoms with Crippen LogP contribution in [0.25, 0.3) is 0 Å². The third-order valence-electron chi connectivity index (χ3n) is 3.51. The number of hydrogen-bond acceptors (Lipinski definition) is 7. The van der Waals surface area contributed by atoms with Gasteiger partial charge in [-0.05, 0) is 24.3 Å². The Hall–Kier alpha value is -3.35. The van der Waals surface area contributed by atoms with Crippen LogP contribution in [-0.2, 0) is 20.7 Å². The average Bonchev–Trinajstić information content (AvgIpc) is 2.66. The normalized spacial score (nSPS) is 9.96. The van der Waals surface area contributed by atoms with Gasteiger partial charge in [0, 0.05) is 5.56 Å². The molecule has 2 aromatic carbocycles. The molecule has 0 bridgehead atoms. The number of benzene rings is 2. The highest BCUT2D eigenvalue weighted by molar-refractivity contribution is 5.96. The molecule has 0 aliphatic carbocycles. The Morgan fingerprint density at radius 3 is 1.96 bits per heavy atom. The lowest BCUT2D eigenvalue weighted by atomic mass is 10.1. The highest BCUT2D eigenvalue weighted by Crippen LogP contribution is 2.22. The molecule has 0 atom stereocenters. The lowest BCUT2D eigenvalue weighted by molar-refractivity contribution is -0.133. The van der Waals surface area contributed by atoms with Crippen molar-refractivity contribution < 1.29 is 33.3 Å². The van der Waals surface area contributed by atoms with Gasteiger partial charge in [0.05, 0.1) is 38.9 Å². The van der Waals surface area contributed by atoms with E-state index in [2.05, 4.69) is 9.47 Å². The maximum atomic E-state index is 12.2. The Bertz CT molecular complexity index is 792. The molecule has 2 rings (SSSR count). The smallest absolute Gasteiger partial charge is 0.338 e. The number of rotatable bonds is 6. The molecule has 0 amide bonds. The Labute approximate surface area is 150 Å². The van der Waals surface area contributed by atoms with Crippen molar-refractivity contribution in [1.29, 1.82) is 0 Å². The fraction of sp³-hybridized carbons (Fsp3) is 0.211. The molecule has 7 heteroatoms. The number of para-hydroxylation sites is 1. The summed E-state index contributed by atoms with van der Waals surface area (Å²) in [7, 11) is 3.92. The molecule has 0 saturated carbocycles. The van der Waals surface area contributed by atoms with Crippen molar-refractivity contribution in [3.8, 4) is 11.5 Å². The second kappa shape index (κ2) is 8.66. The van der Waals surface area contributed by atoms with Crippen LogP contribution in [-0.4, -0.2) is 39.2 Å². The highest BCUT2D eigenvalue weighted by atomic mass is 16.5. The Morgan fingerprint density at radius 1 is 0.846 bits per heavy atom. The molecule has 0 fully saturated rings. The van der Waals surface area contributed by atoms with E-state index in [1.165, 1.54) is 39.5 Å². The Morgan fingerprint density at radius 2 is 1.42 bits per heavy atom. The van der Waals surface area contributed by atoms with Gasteiger partial charge in [-0.15, -0.1) is 0 Å². The fourth-order valence-corrected chi connectivity index (χ4v) is 2.30. The molecule has 0 heterocycles. The molecule has 0 radical (unpaired) electrons. The first-order valence-corrected chi connectivity index (χ1v) is 7.62. The van der Waals surface area contributed by atoms with E-state index in [0.29, 0.717) is 11.3 Å². The number of ether oxygens (including phenoxy) is 4. The molecule has 0 saturated heterocycles. The van der Waals surface area contributed by atoms with Gasteiger partial charge in [0.15, 0.2) is 0 Å². The van der Waals surface area contributed by atoms with E-state index in [1.54, 1.807) is 24.3 Å². The van der Waals surface area contributed by atoms with Gasteiger partial charge in [0.1, 0.15) is 11.5 Å². The third-order valence-corrected chi connectivity index (χ3v) is 3.51. The van der Waals surface area contributed by atoms with E-state index in [4.69, 9.17) is 9.47 Å². The standard InChI is InChI=1S/C19H18O7/c1-23-16-7-5-4-6-12(16)11-17(20)26-15-9-13(18(21)24-2)8-14(10-15)19(22)25-3/h4-10H,11H2,1-3H3. The summed E-state index contributed by atoms with van der Waals surface area (Å²) in [6.07, 6.45) is -0.0416. The van der Waals surface area contributed by atoms with E-state index < -0.39 is 17.9 Å². The minimum atomic E-state index is -0.669. The molecular formula is C19H18O7. The Kier molecular flexibility index (Phi) is 6.32. The molecule has 26 heavy (non-hydrogen) atoms. The lowest BCUT2D eigenvalue weighted by Gasteiger charge is -2.10. The van der Waals surface area contributed by atoms with E-state index in [-0.39, 0.29) is 23.3 Å². The number of carbonyl (C=O) groups is 3. The van der Waals surface area contributed by atoms with Crippen molar-refractivity contribution in [3.05, 3.63) is 59.2 Å². The van der Waals surface area contributed by atoms with Crippen molar-refractivity contribution >= 4 is 17.9 Å². The summed E-state index contributed by atoms with van der Waals surface area (Å²) in [5.74, 6) is -1.32. The Balaban J connectivity index is 2.25. The maximum absolute atomic E-state index is 12.2. The highest BCUT2D eigenvalue weighted by Gasteiger charge is 2.17. The van der Waals surface area contributed by atoms with Gasteiger partial charge in [-0.25, -0.2) is 9.59 Å². The van der Waals surface area contributed by atoms with Gasteiger partial charge in [-0.1, -0.05) is 18.2 Å². The van der Waals surface area contributed by atoms with E-state index in [1.807, 2.05) is 0 Å². The lowest BCUT2D eigenvalue weighted by Crippen LogP contribution is -2.14. The number of hydrogen-bond donors (Lipinski definition) is 0. The molecule has 7 nitrogen and oxygen atoms in total. The minimum Gasteiger partial charge on any atom is -0.496 e. The molecule has 0 aliphatic rings. The van der Waals surface area contributed by atoms with Crippen LogP contribution in [0.15, 0.2) is 42.5 Å². The number of esters is 3. The quantitative estimate of drug-likeness (QED) is 0.579. The van der Waals surface area contributed by atoms with E-state index >= 15 is 0 Å². The van der Waals surface area contributed by atoms with Crippen LogP contribution < -0.4 is 9.47 Å². The van der Waals surface area contributed by atoms with Crippen molar-refractivity contribution in [2.24, 2.45) is 0 Å². The summed E-state index contributed by atoms with van der Waals surface area (Å²) < 4.78 is 19.8. The first kappa shape index (κ1) is 19.0. The zero-order chi connectivity index (χ0) is 19.1. The summed E-state index contributed by atoms with van der Waals surface area (Å²) in [4.78, 5) is 35.8. The van der Waals surface area contributed by atoms with E-state index in [9.17, 15) is 14.4 Å². The molecule has 0 aliphatic heterocycles. The van der Waals surface area contributed by atoms with Gasteiger partial charge in [-0.2, -0.15) is 0 Å². The molecular weight excluding hydrogens is 340 g/mol. The van der Waals surface area contributed by atoms with Crippen LogP contribution in [0.3, 0.4) is 0 Å². The molecule has 136 valence electrons. The topological polar surface area (TPSA) is 88.1 Å². The first-order chi connectivity index (χ1) is 12.5.